The summed E-state index contributed by atoms with van der Waals surface area (Å²) in [7, 11) is 1.74. The van der Waals surface area contributed by atoms with E-state index >= 15 is 0 Å². The second-order valence-electron chi connectivity index (χ2n) is 5.78. The molecule has 7 heteroatoms. The minimum Gasteiger partial charge on any atom is -0.372 e. The normalized spacial score (nSPS) is 10.5. The molecule has 0 spiro atoms. The lowest BCUT2D eigenvalue weighted by molar-refractivity contribution is 0.102. The van der Waals surface area contributed by atoms with E-state index in [0.717, 1.165) is 17.7 Å². The summed E-state index contributed by atoms with van der Waals surface area (Å²) >= 11 is 1.41. The highest BCUT2D eigenvalue weighted by molar-refractivity contribution is 7.98. The van der Waals surface area contributed by atoms with Gasteiger partial charge in [-0.2, -0.15) is 0 Å². The zero-order valence-electron chi connectivity index (χ0n) is 15.5. The molecule has 1 aromatic carbocycles. The number of carbonyl (C=O) groups is 1. The van der Waals surface area contributed by atoms with E-state index in [4.69, 9.17) is 0 Å². The van der Waals surface area contributed by atoms with Crippen LogP contribution in [0.15, 0.2) is 53.8 Å². The van der Waals surface area contributed by atoms with Crippen LogP contribution in [0.4, 0.5) is 11.5 Å². The molecule has 6 nitrogen and oxygen atoms in total. The fourth-order valence-electron chi connectivity index (χ4n) is 2.61. The van der Waals surface area contributed by atoms with Gasteiger partial charge in [0.25, 0.3) is 5.91 Å². The number of nitrogens with zero attached hydrogens (tertiary/aromatic N) is 3. The minimum absolute atomic E-state index is 0.245. The topological polar surface area (TPSA) is 79.8 Å². The Balaban J connectivity index is 1.96. The van der Waals surface area contributed by atoms with E-state index in [9.17, 15) is 4.79 Å². The van der Waals surface area contributed by atoms with Gasteiger partial charge >= 0.3 is 0 Å². The Morgan fingerprint density at radius 2 is 1.93 bits per heavy atom. The maximum absolute atomic E-state index is 12.9. The number of carbonyl (C=O) groups excluding carboxylic acids is 1. The molecule has 1 amide bonds. The highest BCUT2D eigenvalue weighted by Crippen LogP contribution is 2.28. The van der Waals surface area contributed by atoms with Gasteiger partial charge in [0.2, 0.25) is 0 Å². The van der Waals surface area contributed by atoms with Gasteiger partial charge in [-0.15, -0.1) is 11.8 Å². The number of nitrogens with one attached hydrogen (secondary N) is 2. The summed E-state index contributed by atoms with van der Waals surface area (Å²) in [6, 6.07) is 11.5. The number of aryl methyl sites for hydroxylation is 1. The minimum atomic E-state index is -0.245. The van der Waals surface area contributed by atoms with E-state index in [0.29, 0.717) is 22.2 Å². The molecule has 0 atom stereocenters. The Morgan fingerprint density at radius 3 is 2.52 bits per heavy atom. The zero-order valence-corrected chi connectivity index (χ0v) is 16.3. The maximum atomic E-state index is 12.9. The van der Waals surface area contributed by atoms with E-state index < -0.39 is 0 Å². The van der Waals surface area contributed by atoms with Crippen molar-refractivity contribution in [3.63, 3.8) is 0 Å². The standard InChI is InChI=1S/C20H21N5OS/c1-4-13-7-9-15(10-8-13)23-19(26)16-18(21-2)24-17(25-20(16)27-3)14-6-5-11-22-12-14/h5-12H,4H2,1-3H3,(H,23,26)(H,21,24,25). The smallest absolute Gasteiger partial charge is 0.262 e. The van der Waals surface area contributed by atoms with Crippen molar-refractivity contribution >= 4 is 29.2 Å². The maximum Gasteiger partial charge on any atom is 0.262 e. The van der Waals surface area contributed by atoms with Crippen LogP contribution in [0.3, 0.4) is 0 Å². The monoisotopic (exact) mass is 379 g/mol. The van der Waals surface area contributed by atoms with Crippen molar-refractivity contribution in [1.29, 1.82) is 0 Å². The van der Waals surface area contributed by atoms with Gasteiger partial charge < -0.3 is 10.6 Å². The molecule has 0 aliphatic heterocycles. The molecular formula is C20H21N5OS. The van der Waals surface area contributed by atoms with Crippen LogP contribution in [-0.2, 0) is 6.42 Å². The number of pyridine rings is 1. The predicted octanol–water partition coefficient (Wildman–Crippen LogP) is 4.12. The highest BCUT2D eigenvalue weighted by atomic mass is 32.2. The van der Waals surface area contributed by atoms with Crippen molar-refractivity contribution < 1.29 is 4.79 Å². The van der Waals surface area contributed by atoms with Crippen molar-refractivity contribution in [1.82, 2.24) is 15.0 Å². The van der Waals surface area contributed by atoms with Gasteiger partial charge in [-0.05, 0) is 42.5 Å². The summed E-state index contributed by atoms with van der Waals surface area (Å²) in [5.41, 5.74) is 3.18. The van der Waals surface area contributed by atoms with Crippen LogP contribution < -0.4 is 10.6 Å². The van der Waals surface area contributed by atoms with Gasteiger partial charge in [0, 0.05) is 30.7 Å². The van der Waals surface area contributed by atoms with E-state index in [1.807, 2.05) is 42.7 Å². The average Bonchev–Trinajstić information content (AvgIpc) is 2.73. The third-order valence-corrected chi connectivity index (χ3v) is 4.75. The molecule has 0 aliphatic rings. The van der Waals surface area contributed by atoms with E-state index in [1.54, 1.807) is 19.4 Å². The van der Waals surface area contributed by atoms with Gasteiger partial charge in [0.1, 0.15) is 16.4 Å². The van der Waals surface area contributed by atoms with Crippen LogP contribution in [-0.4, -0.2) is 34.2 Å². The molecule has 0 radical (unpaired) electrons. The molecule has 0 saturated heterocycles. The lowest BCUT2D eigenvalue weighted by Crippen LogP contribution is -2.17. The summed E-state index contributed by atoms with van der Waals surface area (Å²) in [6.45, 7) is 2.10. The van der Waals surface area contributed by atoms with E-state index in [2.05, 4.69) is 32.5 Å². The first-order chi connectivity index (χ1) is 13.2. The van der Waals surface area contributed by atoms with Crippen molar-refractivity contribution in [3.05, 3.63) is 59.9 Å². The molecule has 3 rings (SSSR count). The fourth-order valence-corrected chi connectivity index (χ4v) is 3.19. The molecule has 3 aromatic rings. The van der Waals surface area contributed by atoms with Crippen molar-refractivity contribution in [2.24, 2.45) is 0 Å². The van der Waals surface area contributed by atoms with Crippen molar-refractivity contribution in [2.75, 3.05) is 23.9 Å². The van der Waals surface area contributed by atoms with Gasteiger partial charge in [-0.1, -0.05) is 19.1 Å². The van der Waals surface area contributed by atoms with Crippen LogP contribution in [0.1, 0.15) is 22.8 Å². The predicted molar refractivity (Wildman–Crippen MR) is 110 cm³/mol. The summed E-state index contributed by atoms with van der Waals surface area (Å²) in [4.78, 5) is 26.1. The number of amides is 1. The summed E-state index contributed by atoms with van der Waals surface area (Å²) in [5, 5.41) is 6.56. The molecule has 27 heavy (non-hydrogen) atoms. The molecule has 2 N–H and O–H groups in total. The Hall–Kier alpha value is -2.93. The largest absolute Gasteiger partial charge is 0.372 e. The fraction of sp³-hybridized carbons (Fsp3) is 0.200. The number of rotatable bonds is 6. The first-order valence-electron chi connectivity index (χ1n) is 8.60. The average molecular weight is 379 g/mol. The summed E-state index contributed by atoms with van der Waals surface area (Å²) in [6.07, 6.45) is 6.25. The molecule has 0 aliphatic carbocycles. The third kappa shape index (κ3) is 4.25. The van der Waals surface area contributed by atoms with Gasteiger partial charge in [-0.3, -0.25) is 9.78 Å². The lowest BCUT2D eigenvalue weighted by Gasteiger charge is -2.14. The molecule has 0 fully saturated rings. The van der Waals surface area contributed by atoms with Crippen LogP contribution >= 0.6 is 11.8 Å². The Labute approximate surface area is 162 Å². The third-order valence-electron chi connectivity index (χ3n) is 4.07. The lowest BCUT2D eigenvalue weighted by atomic mass is 10.1. The molecule has 2 heterocycles. The van der Waals surface area contributed by atoms with Gasteiger partial charge in [-0.25, -0.2) is 9.97 Å². The van der Waals surface area contributed by atoms with Crippen LogP contribution in [0.2, 0.25) is 0 Å². The second kappa shape index (κ2) is 8.64. The number of hydrogen-bond acceptors (Lipinski definition) is 6. The van der Waals surface area contributed by atoms with Crippen LogP contribution in [0.25, 0.3) is 11.4 Å². The molecule has 0 unspecified atom stereocenters. The van der Waals surface area contributed by atoms with Crippen molar-refractivity contribution in [2.45, 2.75) is 18.4 Å². The van der Waals surface area contributed by atoms with Crippen molar-refractivity contribution in [3.8, 4) is 11.4 Å². The Kier molecular flexibility index (Phi) is 6.03. The first kappa shape index (κ1) is 18.8. The molecular weight excluding hydrogens is 358 g/mol. The summed E-state index contributed by atoms with van der Waals surface area (Å²) < 4.78 is 0. The Bertz CT molecular complexity index is 904. The zero-order chi connectivity index (χ0) is 19.2. The summed E-state index contributed by atoms with van der Waals surface area (Å²) in [5.74, 6) is 0.766. The van der Waals surface area contributed by atoms with Gasteiger partial charge in [0.15, 0.2) is 5.82 Å². The van der Waals surface area contributed by atoms with E-state index in [-0.39, 0.29) is 5.91 Å². The number of aromatic nitrogens is 3. The van der Waals surface area contributed by atoms with Crippen LogP contribution in [0, 0.1) is 0 Å². The quantitative estimate of drug-likeness (QED) is 0.495. The number of benzene rings is 1. The van der Waals surface area contributed by atoms with E-state index in [1.165, 1.54) is 17.3 Å². The number of hydrogen-bond donors (Lipinski definition) is 2. The van der Waals surface area contributed by atoms with Gasteiger partial charge in [0.05, 0.1) is 0 Å². The first-order valence-corrected chi connectivity index (χ1v) is 9.83. The second-order valence-corrected chi connectivity index (χ2v) is 6.57. The molecule has 0 bridgehead atoms. The molecule has 138 valence electrons. The Morgan fingerprint density at radius 1 is 1.15 bits per heavy atom. The SMILES string of the molecule is CCc1ccc(NC(=O)c2c(NC)nc(-c3cccnc3)nc2SC)cc1. The number of thioether (sulfide) groups is 1. The highest BCUT2D eigenvalue weighted by Gasteiger charge is 2.21. The van der Waals surface area contributed by atoms with Crippen LogP contribution in [0.5, 0.6) is 0 Å². The molecule has 2 aromatic heterocycles. The molecule has 0 saturated carbocycles. The number of anilines is 2.